The molecular formula is C11H15N3O3. The maximum atomic E-state index is 10.7. The zero-order valence-corrected chi connectivity index (χ0v) is 9.22. The van der Waals surface area contributed by atoms with Gasteiger partial charge in [-0.15, -0.1) is 0 Å². The topological polar surface area (TPSA) is 118 Å². The van der Waals surface area contributed by atoms with Crippen LogP contribution in [-0.2, 0) is 4.79 Å². The van der Waals surface area contributed by atoms with Gasteiger partial charge in [0.05, 0.1) is 0 Å². The molecule has 1 atom stereocenters. The number of hydrogen-bond acceptors (Lipinski definition) is 3. The van der Waals surface area contributed by atoms with Gasteiger partial charge in [0.1, 0.15) is 0 Å². The lowest BCUT2D eigenvalue weighted by molar-refractivity contribution is -0.137. The molecule has 1 aromatic carbocycles. The Morgan fingerprint density at radius 1 is 1.41 bits per heavy atom. The molecule has 0 bridgehead atoms. The first-order valence-electron chi connectivity index (χ1n) is 5.13. The molecule has 0 saturated carbocycles. The third-order valence-corrected chi connectivity index (χ3v) is 2.25. The van der Waals surface area contributed by atoms with Crippen LogP contribution in [0.15, 0.2) is 24.3 Å². The predicted octanol–water partition coefficient (Wildman–Crippen LogP) is 1.04. The zero-order chi connectivity index (χ0) is 12.8. The van der Waals surface area contributed by atoms with Gasteiger partial charge in [-0.25, -0.2) is 4.79 Å². The van der Waals surface area contributed by atoms with Gasteiger partial charge in [-0.05, 0) is 24.1 Å². The third kappa shape index (κ3) is 4.52. The van der Waals surface area contributed by atoms with Crippen LogP contribution in [0.2, 0.25) is 0 Å². The molecule has 0 spiro atoms. The second-order valence-electron chi connectivity index (χ2n) is 3.65. The lowest BCUT2D eigenvalue weighted by atomic mass is 10.0. The van der Waals surface area contributed by atoms with Crippen molar-refractivity contribution in [1.82, 2.24) is 0 Å². The summed E-state index contributed by atoms with van der Waals surface area (Å²) in [6.07, 6.45) is 0.351. The Labute approximate surface area is 98.6 Å². The van der Waals surface area contributed by atoms with Crippen molar-refractivity contribution in [3.8, 4) is 0 Å². The van der Waals surface area contributed by atoms with Crippen LogP contribution >= 0.6 is 0 Å². The number of anilines is 1. The maximum Gasteiger partial charge on any atom is 0.316 e. The average molecular weight is 237 g/mol. The fourth-order valence-electron chi connectivity index (χ4n) is 1.43. The van der Waals surface area contributed by atoms with Crippen molar-refractivity contribution >= 4 is 17.7 Å². The van der Waals surface area contributed by atoms with E-state index in [9.17, 15) is 9.59 Å². The standard InChI is InChI=1S/C11H15N3O3/c12-9(4-5-10(15)16)7-2-1-3-8(6-7)14-11(13)17/h1-3,6,9H,4-5,12H2,(H,15,16)(H3,13,14,17). The third-order valence-electron chi connectivity index (χ3n) is 2.25. The summed E-state index contributed by atoms with van der Waals surface area (Å²) in [5, 5.41) is 11.0. The highest BCUT2D eigenvalue weighted by atomic mass is 16.4. The molecule has 1 unspecified atom stereocenters. The van der Waals surface area contributed by atoms with E-state index in [1.165, 1.54) is 0 Å². The lowest BCUT2D eigenvalue weighted by Gasteiger charge is -2.12. The van der Waals surface area contributed by atoms with Crippen LogP contribution in [0, 0.1) is 0 Å². The van der Waals surface area contributed by atoms with Crippen LogP contribution < -0.4 is 16.8 Å². The summed E-state index contributed by atoms with van der Waals surface area (Å²) in [5.74, 6) is -0.883. The van der Waals surface area contributed by atoms with Gasteiger partial charge in [0.15, 0.2) is 0 Å². The molecule has 2 amide bonds. The van der Waals surface area contributed by atoms with E-state index >= 15 is 0 Å². The lowest BCUT2D eigenvalue weighted by Crippen LogP contribution is -2.19. The fraction of sp³-hybridized carbons (Fsp3) is 0.273. The number of benzene rings is 1. The van der Waals surface area contributed by atoms with Crippen molar-refractivity contribution in [3.63, 3.8) is 0 Å². The summed E-state index contributed by atoms with van der Waals surface area (Å²) in [6, 6.07) is 5.83. The molecule has 0 aliphatic carbocycles. The highest BCUT2D eigenvalue weighted by Crippen LogP contribution is 2.19. The van der Waals surface area contributed by atoms with Gasteiger partial charge in [-0.2, -0.15) is 0 Å². The molecule has 0 fully saturated rings. The normalized spacial score (nSPS) is 11.8. The summed E-state index contributed by atoms with van der Waals surface area (Å²) in [4.78, 5) is 21.1. The number of carbonyl (C=O) groups is 2. The zero-order valence-electron chi connectivity index (χ0n) is 9.22. The Hall–Kier alpha value is -2.08. The Kier molecular flexibility index (Phi) is 4.47. The molecule has 0 aliphatic rings. The Morgan fingerprint density at radius 2 is 2.12 bits per heavy atom. The van der Waals surface area contributed by atoms with E-state index < -0.39 is 12.0 Å². The monoisotopic (exact) mass is 237 g/mol. The van der Waals surface area contributed by atoms with Crippen molar-refractivity contribution in [2.45, 2.75) is 18.9 Å². The van der Waals surface area contributed by atoms with E-state index in [1.54, 1.807) is 24.3 Å². The SMILES string of the molecule is NC(=O)Nc1cccc(C(N)CCC(=O)O)c1. The molecule has 0 radical (unpaired) electrons. The van der Waals surface area contributed by atoms with Crippen LogP contribution in [0.4, 0.5) is 10.5 Å². The minimum absolute atomic E-state index is 0.00857. The van der Waals surface area contributed by atoms with Gasteiger partial charge < -0.3 is 21.9 Å². The number of carbonyl (C=O) groups excluding carboxylic acids is 1. The number of nitrogens with one attached hydrogen (secondary N) is 1. The molecule has 0 aliphatic heterocycles. The summed E-state index contributed by atoms with van der Waals surface area (Å²) < 4.78 is 0. The molecule has 1 aromatic rings. The minimum Gasteiger partial charge on any atom is -0.481 e. The number of urea groups is 1. The minimum atomic E-state index is -0.883. The van der Waals surface area contributed by atoms with Gasteiger partial charge in [0.25, 0.3) is 0 Å². The molecule has 1 rings (SSSR count). The van der Waals surface area contributed by atoms with Crippen molar-refractivity contribution in [2.24, 2.45) is 11.5 Å². The summed E-state index contributed by atoms with van der Waals surface area (Å²) in [7, 11) is 0. The smallest absolute Gasteiger partial charge is 0.316 e. The molecule has 17 heavy (non-hydrogen) atoms. The summed E-state index contributed by atoms with van der Waals surface area (Å²) >= 11 is 0. The van der Waals surface area contributed by atoms with Gasteiger partial charge in [-0.1, -0.05) is 12.1 Å². The van der Waals surface area contributed by atoms with Crippen molar-refractivity contribution in [1.29, 1.82) is 0 Å². The van der Waals surface area contributed by atoms with E-state index in [4.69, 9.17) is 16.6 Å². The van der Waals surface area contributed by atoms with Crippen LogP contribution in [-0.4, -0.2) is 17.1 Å². The van der Waals surface area contributed by atoms with Gasteiger partial charge in [0.2, 0.25) is 0 Å². The Bertz CT molecular complexity index is 420. The highest BCUT2D eigenvalue weighted by molar-refractivity contribution is 5.87. The van der Waals surface area contributed by atoms with Crippen molar-refractivity contribution < 1.29 is 14.7 Å². The number of rotatable bonds is 5. The first kappa shape index (κ1) is 13.0. The number of carboxylic acid groups (broad SMARTS) is 1. The number of nitrogens with two attached hydrogens (primary N) is 2. The molecular weight excluding hydrogens is 222 g/mol. The predicted molar refractivity (Wildman–Crippen MR) is 63.4 cm³/mol. The summed E-state index contributed by atoms with van der Waals surface area (Å²) in [5.41, 5.74) is 12.1. The number of aliphatic carboxylic acids is 1. The first-order valence-corrected chi connectivity index (χ1v) is 5.13. The molecule has 6 heteroatoms. The van der Waals surface area contributed by atoms with E-state index in [-0.39, 0.29) is 12.5 Å². The maximum absolute atomic E-state index is 10.7. The Morgan fingerprint density at radius 3 is 2.71 bits per heavy atom. The fourth-order valence-corrected chi connectivity index (χ4v) is 1.43. The van der Waals surface area contributed by atoms with E-state index in [0.29, 0.717) is 12.1 Å². The summed E-state index contributed by atoms with van der Waals surface area (Å²) in [6.45, 7) is 0. The van der Waals surface area contributed by atoms with Gasteiger partial charge in [0, 0.05) is 18.2 Å². The molecule has 0 heterocycles. The highest BCUT2D eigenvalue weighted by Gasteiger charge is 2.09. The first-order chi connectivity index (χ1) is 7.99. The van der Waals surface area contributed by atoms with E-state index in [1.807, 2.05) is 0 Å². The Balaban J connectivity index is 2.69. The molecule has 6 N–H and O–H groups in total. The number of carboxylic acids is 1. The van der Waals surface area contributed by atoms with Crippen molar-refractivity contribution in [2.75, 3.05) is 5.32 Å². The van der Waals surface area contributed by atoms with Gasteiger partial charge >= 0.3 is 12.0 Å². The number of hydrogen-bond donors (Lipinski definition) is 4. The second-order valence-corrected chi connectivity index (χ2v) is 3.65. The van der Waals surface area contributed by atoms with E-state index in [0.717, 1.165) is 5.56 Å². The quantitative estimate of drug-likeness (QED) is 0.611. The number of amides is 2. The van der Waals surface area contributed by atoms with Crippen LogP contribution in [0.25, 0.3) is 0 Å². The second kappa shape index (κ2) is 5.86. The van der Waals surface area contributed by atoms with Gasteiger partial charge in [-0.3, -0.25) is 4.79 Å². The largest absolute Gasteiger partial charge is 0.481 e. The van der Waals surface area contributed by atoms with Crippen molar-refractivity contribution in [3.05, 3.63) is 29.8 Å². The van der Waals surface area contributed by atoms with E-state index in [2.05, 4.69) is 5.32 Å². The molecule has 6 nitrogen and oxygen atoms in total. The van der Waals surface area contributed by atoms with Crippen LogP contribution in [0.1, 0.15) is 24.4 Å². The van der Waals surface area contributed by atoms with Crippen LogP contribution in [0.5, 0.6) is 0 Å². The molecule has 92 valence electrons. The van der Waals surface area contributed by atoms with Crippen LogP contribution in [0.3, 0.4) is 0 Å². The average Bonchev–Trinajstić information content (AvgIpc) is 2.25. The molecule has 0 saturated heterocycles. The molecule has 0 aromatic heterocycles. The number of primary amides is 1.